The van der Waals surface area contributed by atoms with Crippen LogP contribution in [-0.4, -0.2) is 74.9 Å². The SMILES string of the molecule is CCCN1CCC(NCCN2CCOCC2)CC1. The Kier molecular flexibility index (Phi) is 6.41. The summed E-state index contributed by atoms with van der Waals surface area (Å²) in [4.78, 5) is 5.10. The Morgan fingerprint density at radius 2 is 1.67 bits per heavy atom. The zero-order chi connectivity index (χ0) is 12.6. The molecule has 2 heterocycles. The van der Waals surface area contributed by atoms with Crippen LogP contribution < -0.4 is 5.32 Å². The summed E-state index contributed by atoms with van der Waals surface area (Å²) in [6.07, 6.45) is 3.93. The summed E-state index contributed by atoms with van der Waals surface area (Å²) in [7, 11) is 0. The minimum absolute atomic E-state index is 0.749. The molecular formula is C14H29N3O. The Hall–Kier alpha value is -0.160. The van der Waals surface area contributed by atoms with Gasteiger partial charge in [-0.2, -0.15) is 0 Å². The highest BCUT2D eigenvalue weighted by Crippen LogP contribution is 2.10. The zero-order valence-electron chi connectivity index (χ0n) is 11.9. The summed E-state index contributed by atoms with van der Waals surface area (Å²) >= 11 is 0. The predicted octanol–water partition coefficient (Wildman–Crippen LogP) is 0.783. The summed E-state index contributed by atoms with van der Waals surface area (Å²) in [5, 5.41) is 3.72. The van der Waals surface area contributed by atoms with Crippen molar-refractivity contribution in [2.75, 3.05) is 59.0 Å². The minimum atomic E-state index is 0.749. The second-order valence-corrected chi connectivity index (χ2v) is 5.52. The molecule has 0 atom stereocenters. The number of hydrogen-bond donors (Lipinski definition) is 1. The van der Waals surface area contributed by atoms with Crippen molar-refractivity contribution < 1.29 is 4.74 Å². The first-order valence-corrected chi connectivity index (χ1v) is 7.64. The van der Waals surface area contributed by atoms with Gasteiger partial charge in [0, 0.05) is 32.2 Å². The molecule has 2 aliphatic rings. The van der Waals surface area contributed by atoms with Crippen molar-refractivity contribution in [3.8, 4) is 0 Å². The molecule has 0 unspecified atom stereocenters. The van der Waals surface area contributed by atoms with Crippen molar-refractivity contribution in [1.82, 2.24) is 15.1 Å². The topological polar surface area (TPSA) is 27.7 Å². The highest BCUT2D eigenvalue weighted by atomic mass is 16.5. The molecule has 2 saturated heterocycles. The molecule has 4 nitrogen and oxygen atoms in total. The van der Waals surface area contributed by atoms with E-state index in [9.17, 15) is 0 Å². The van der Waals surface area contributed by atoms with Crippen LogP contribution in [0.5, 0.6) is 0 Å². The van der Waals surface area contributed by atoms with Gasteiger partial charge in [-0.05, 0) is 38.9 Å². The molecule has 0 saturated carbocycles. The van der Waals surface area contributed by atoms with E-state index in [1.807, 2.05) is 0 Å². The number of rotatable bonds is 6. The lowest BCUT2D eigenvalue weighted by atomic mass is 10.0. The van der Waals surface area contributed by atoms with E-state index in [0.717, 1.165) is 38.9 Å². The standard InChI is InChI=1S/C14H29N3O/c1-2-6-16-7-3-14(4-8-16)15-5-9-17-10-12-18-13-11-17/h14-15H,2-13H2,1H3. The minimum Gasteiger partial charge on any atom is -0.379 e. The fraction of sp³-hybridized carbons (Fsp3) is 1.00. The maximum Gasteiger partial charge on any atom is 0.0594 e. The van der Waals surface area contributed by atoms with Gasteiger partial charge in [0.15, 0.2) is 0 Å². The van der Waals surface area contributed by atoms with E-state index >= 15 is 0 Å². The Morgan fingerprint density at radius 3 is 2.33 bits per heavy atom. The van der Waals surface area contributed by atoms with Gasteiger partial charge in [0.1, 0.15) is 0 Å². The second kappa shape index (κ2) is 8.10. The van der Waals surface area contributed by atoms with E-state index < -0.39 is 0 Å². The molecule has 18 heavy (non-hydrogen) atoms. The van der Waals surface area contributed by atoms with Gasteiger partial charge in [-0.25, -0.2) is 0 Å². The van der Waals surface area contributed by atoms with Gasteiger partial charge in [0.05, 0.1) is 13.2 Å². The normalized spacial score (nSPS) is 24.5. The highest BCUT2D eigenvalue weighted by Gasteiger charge is 2.18. The van der Waals surface area contributed by atoms with E-state index in [0.29, 0.717) is 0 Å². The zero-order valence-corrected chi connectivity index (χ0v) is 11.9. The van der Waals surface area contributed by atoms with Crippen molar-refractivity contribution >= 4 is 0 Å². The molecule has 0 spiro atoms. The largest absolute Gasteiger partial charge is 0.379 e. The maximum atomic E-state index is 5.36. The van der Waals surface area contributed by atoms with Crippen molar-refractivity contribution in [2.45, 2.75) is 32.2 Å². The third kappa shape index (κ3) is 4.84. The Bertz CT molecular complexity index is 211. The van der Waals surface area contributed by atoms with Crippen LogP contribution in [0.3, 0.4) is 0 Å². The summed E-state index contributed by atoms with van der Waals surface area (Å²) in [6.45, 7) is 12.5. The van der Waals surface area contributed by atoms with E-state index in [-0.39, 0.29) is 0 Å². The van der Waals surface area contributed by atoms with E-state index in [2.05, 4.69) is 22.0 Å². The summed E-state index contributed by atoms with van der Waals surface area (Å²) in [5.74, 6) is 0. The maximum absolute atomic E-state index is 5.36. The molecular weight excluding hydrogens is 226 g/mol. The number of piperidine rings is 1. The van der Waals surface area contributed by atoms with Gasteiger partial charge in [0.2, 0.25) is 0 Å². The van der Waals surface area contributed by atoms with Gasteiger partial charge in [-0.15, -0.1) is 0 Å². The van der Waals surface area contributed by atoms with Crippen LogP contribution in [0.15, 0.2) is 0 Å². The number of morpholine rings is 1. The second-order valence-electron chi connectivity index (χ2n) is 5.52. The quantitative estimate of drug-likeness (QED) is 0.759. The van der Waals surface area contributed by atoms with Crippen molar-refractivity contribution in [3.05, 3.63) is 0 Å². The number of likely N-dealkylation sites (tertiary alicyclic amines) is 1. The van der Waals surface area contributed by atoms with Crippen LogP contribution in [0.2, 0.25) is 0 Å². The highest BCUT2D eigenvalue weighted by molar-refractivity contribution is 4.77. The van der Waals surface area contributed by atoms with Crippen LogP contribution in [0.4, 0.5) is 0 Å². The monoisotopic (exact) mass is 255 g/mol. The van der Waals surface area contributed by atoms with Crippen molar-refractivity contribution in [2.24, 2.45) is 0 Å². The molecule has 0 aromatic carbocycles. The molecule has 2 aliphatic heterocycles. The predicted molar refractivity (Wildman–Crippen MR) is 75.0 cm³/mol. The molecule has 4 heteroatoms. The van der Waals surface area contributed by atoms with Crippen LogP contribution in [0, 0.1) is 0 Å². The number of ether oxygens (including phenoxy) is 1. The van der Waals surface area contributed by atoms with Crippen molar-refractivity contribution in [1.29, 1.82) is 0 Å². The summed E-state index contributed by atoms with van der Waals surface area (Å²) in [6, 6.07) is 0.749. The van der Waals surface area contributed by atoms with Gasteiger partial charge in [-0.1, -0.05) is 6.92 Å². The van der Waals surface area contributed by atoms with Gasteiger partial charge < -0.3 is 15.0 Å². The van der Waals surface area contributed by atoms with Gasteiger partial charge in [0.25, 0.3) is 0 Å². The average molecular weight is 255 g/mol. The average Bonchev–Trinajstić information content (AvgIpc) is 2.42. The van der Waals surface area contributed by atoms with Crippen molar-refractivity contribution in [3.63, 3.8) is 0 Å². The van der Waals surface area contributed by atoms with E-state index in [1.165, 1.54) is 45.4 Å². The fourth-order valence-electron chi connectivity index (χ4n) is 2.93. The van der Waals surface area contributed by atoms with Crippen LogP contribution in [-0.2, 0) is 4.74 Å². The lowest BCUT2D eigenvalue weighted by Crippen LogP contribution is -2.46. The Morgan fingerprint density at radius 1 is 1.00 bits per heavy atom. The lowest BCUT2D eigenvalue weighted by molar-refractivity contribution is 0.0378. The van der Waals surface area contributed by atoms with E-state index in [4.69, 9.17) is 4.74 Å². The fourth-order valence-corrected chi connectivity index (χ4v) is 2.93. The smallest absolute Gasteiger partial charge is 0.0594 e. The van der Waals surface area contributed by atoms with E-state index in [1.54, 1.807) is 0 Å². The van der Waals surface area contributed by atoms with Crippen LogP contribution in [0.25, 0.3) is 0 Å². The number of nitrogens with one attached hydrogen (secondary N) is 1. The van der Waals surface area contributed by atoms with Gasteiger partial charge in [-0.3, -0.25) is 4.90 Å². The summed E-state index contributed by atoms with van der Waals surface area (Å²) < 4.78 is 5.36. The summed E-state index contributed by atoms with van der Waals surface area (Å²) in [5.41, 5.74) is 0. The first-order valence-electron chi connectivity index (χ1n) is 7.64. The lowest BCUT2D eigenvalue weighted by Gasteiger charge is -2.33. The van der Waals surface area contributed by atoms with Crippen LogP contribution in [0.1, 0.15) is 26.2 Å². The Balaban J connectivity index is 1.52. The Labute approximate surface area is 112 Å². The number of hydrogen-bond acceptors (Lipinski definition) is 4. The van der Waals surface area contributed by atoms with Crippen LogP contribution >= 0.6 is 0 Å². The molecule has 2 fully saturated rings. The molecule has 1 N–H and O–H groups in total. The van der Waals surface area contributed by atoms with Gasteiger partial charge >= 0.3 is 0 Å². The molecule has 0 radical (unpaired) electrons. The molecule has 0 aliphatic carbocycles. The molecule has 0 aromatic rings. The molecule has 0 aromatic heterocycles. The molecule has 106 valence electrons. The molecule has 0 amide bonds. The third-order valence-electron chi connectivity index (χ3n) is 4.09. The third-order valence-corrected chi connectivity index (χ3v) is 4.09. The molecule has 2 rings (SSSR count). The first-order chi connectivity index (χ1) is 8.88. The molecule has 0 bridgehead atoms. The first kappa shape index (κ1) is 14.3. The number of nitrogens with zero attached hydrogens (tertiary/aromatic N) is 2.